The van der Waals surface area contributed by atoms with Crippen LogP contribution >= 0.6 is 0 Å². The van der Waals surface area contributed by atoms with Crippen LogP contribution in [-0.4, -0.2) is 40.2 Å². The Labute approximate surface area is 133 Å². The van der Waals surface area contributed by atoms with E-state index in [0.29, 0.717) is 19.4 Å². The molecule has 1 N–H and O–H groups in total. The zero-order chi connectivity index (χ0) is 15.9. The highest BCUT2D eigenvalue weighted by Gasteiger charge is 2.26. The number of aryl methyl sites for hydroxylation is 1. The van der Waals surface area contributed by atoms with Gasteiger partial charge in [0.05, 0.1) is 12.6 Å². The molecule has 1 amide bonds. The lowest BCUT2D eigenvalue weighted by atomic mass is 10.1. The Morgan fingerprint density at radius 2 is 2.09 bits per heavy atom. The number of amides is 1. The number of aliphatic hydroxyl groups excluding tert-OH is 1. The average Bonchev–Trinajstić information content (AvgIpc) is 2.48. The van der Waals surface area contributed by atoms with Crippen molar-refractivity contribution in [1.82, 2.24) is 10.0 Å². The van der Waals surface area contributed by atoms with Crippen molar-refractivity contribution in [2.24, 2.45) is 0 Å². The molecule has 22 heavy (non-hydrogen) atoms. The third-order valence-corrected chi connectivity index (χ3v) is 4.10. The fraction of sp³-hybridized carbons (Fsp3) is 0.611. The Morgan fingerprint density at radius 1 is 1.32 bits per heavy atom. The normalized spacial score (nSPS) is 17.8. The van der Waals surface area contributed by atoms with Gasteiger partial charge in [-0.2, -0.15) is 0 Å². The zero-order valence-corrected chi connectivity index (χ0v) is 13.8. The molecule has 1 aromatic carbocycles. The molecule has 1 saturated heterocycles. The summed E-state index contributed by atoms with van der Waals surface area (Å²) >= 11 is 0. The Morgan fingerprint density at radius 3 is 2.82 bits per heavy atom. The summed E-state index contributed by atoms with van der Waals surface area (Å²) in [5.74, 6) is 0.192. The van der Waals surface area contributed by atoms with Crippen LogP contribution in [0.25, 0.3) is 0 Å². The minimum absolute atomic E-state index is 0.192. The number of hydrazine groups is 1. The van der Waals surface area contributed by atoms with Gasteiger partial charge in [0.2, 0.25) is 5.91 Å². The number of hydrogen-bond donors (Lipinski definition) is 1. The third-order valence-electron chi connectivity index (χ3n) is 4.10. The maximum Gasteiger partial charge on any atom is 0.237 e. The summed E-state index contributed by atoms with van der Waals surface area (Å²) in [5.41, 5.74) is 2.52. The molecule has 0 aromatic heterocycles. The van der Waals surface area contributed by atoms with Gasteiger partial charge in [-0.3, -0.25) is 9.80 Å². The molecule has 0 aliphatic carbocycles. The molecule has 0 radical (unpaired) electrons. The number of carbonyl (C=O) groups excluding carboxylic acids is 1. The van der Waals surface area contributed by atoms with Gasteiger partial charge in [-0.25, -0.2) is 5.01 Å². The van der Waals surface area contributed by atoms with Crippen molar-refractivity contribution in [2.75, 3.05) is 13.1 Å². The molecule has 4 heteroatoms. The summed E-state index contributed by atoms with van der Waals surface area (Å²) in [5, 5.41) is 13.5. The van der Waals surface area contributed by atoms with Gasteiger partial charge in [-0.15, -0.1) is 0 Å². The highest BCUT2D eigenvalue weighted by molar-refractivity contribution is 5.76. The van der Waals surface area contributed by atoms with E-state index in [1.54, 1.807) is 6.92 Å². The predicted molar refractivity (Wildman–Crippen MR) is 88.1 cm³/mol. The number of aliphatic hydroxyl groups is 1. The monoisotopic (exact) mass is 304 g/mol. The first kappa shape index (κ1) is 17.0. The van der Waals surface area contributed by atoms with Crippen LogP contribution in [0.5, 0.6) is 0 Å². The third kappa shape index (κ3) is 4.82. The minimum atomic E-state index is -0.327. The van der Waals surface area contributed by atoms with Crippen LogP contribution < -0.4 is 0 Å². The Balaban J connectivity index is 2.05. The summed E-state index contributed by atoms with van der Waals surface area (Å²) in [6, 6.07) is 8.53. The summed E-state index contributed by atoms with van der Waals surface area (Å²) < 4.78 is 0. The lowest BCUT2D eigenvalue weighted by Crippen LogP contribution is -2.50. The van der Waals surface area contributed by atoms with Gasteiger partial charge in [0.1, 0.15) is 0 Å². The van der Waals surface area contributed by atoms with E-state index >= 15 is 0 Å². The van der Waals surface area contributed by atoms with E-state index in [1.165, 1.54) is 11.1 Å². The van der Waals surface area contributed by atoms with Crippen molar-refractivity contribution in [1.29, 1.82) is 0 Å². The van der Waals surface area contributed by atoms with Crippen LogP contribution in [0, 0.1) is 0 Å². The number of nitrogens with zero attached hydrogens (tertiary/aromatic N) is 2. The quantitative estimate of drug-likeness (QED) is 0.842. The van der Waals surface area contributed by atoms with E-state index in [2.05, 4.69) is 36.2 Å². The first-order valence-electron chi connectivity index (χ1n) is 8.41. The van der Waals surface area contributed by atoms with Crippen molar-refractivity contribution in [3.8, 4) is 0 Å². The molecule has 122 valence electrons. The van der Waals surface area contributed by atoms with Crippen LogP contribution in [0.1, 0.15) is 50.7 Å². The number of carbonyl (C=O) groups is 1. The largest absolute Gasteiger partial charge is 0.393 e. The van der Waals surface area contributed by atoms with E-state index in [0.717, 1.165) is 32.4 Å². The molecule has 2 rings (SSSR count). The summed E-state index contributed by atoms with van der Waals surface area (Å²) in [6.45, 7) is 6.24. The molecule has 1 unspecified atom stereocenters. The summed E-state index contributed by atoms with van der Waals surface area (Å²) in [6.07, 6.45) is 4.11. The van der Waals surface area contributed by atoms with Gasteiger partial charge in [0, 0.05) is 19.5 Å². The van der Waals surface area contributed by atoms with Gasteiger partial charge < -0.3 is 5.11 Å². The highest BCUT2D eigenvalue weighted by Crippen LogP contribution is 2.18. The second-order valence-electron chi connectivity index (χ2n) is 6.22. The SMILES string of the molecule is CCCc1cccc(CN2C(=O)CCCN2CCC(C)O)c1. The highest BCUT2D eigenvalue weighted by atomic mass is 16.3. The number of benzene rings is 1. The van der Waals surface area contributed by atoms with Crippen molar-refractivity contribution in [3.05, 3.63) is 35.4 Å². The molecule has 1 fully saturated rings. The van der Waals surface area contributed by atoms with E-state index < -0.39 is 0 Å². The first-order chi connectivity index (χ1) is 10.6. The smallest absolute Gasteiger partial charge is 0.237 e. The lowest BCUT2D eigenvalue weighted by Gasteiger charge is -2.39. The zero-order valence-electron chi connectivity index (χ0n) is 13.8. The van der Waals surface area contributed by atoms with Crippen molar-refractivity contribution in [2.45, 2.75) is 58.6 Å². The van der Waals surface area contributed by atoms with E-state index in [4.69, 9.17) is 0 Å². The first-order valence-corrected chi connectivity index (χ1v) is 8.41. The van der Waals surface area contributed by atoms with Crippen LogP contribution in [-0.2, 0) is 17.8 Å². The molecule has 1 aliphatic heterocycles. The Bertz CT molecular complexity index is 488. The van der Waals surface area contributed by atoms with Crippen LogP contribution in [0.15, 0.2) is 24.3 Å². The van der Waals surface area contributed by atoms with Crippen molar-refractivity contribution >= 4 is 5.91 Å². The molecular formula is C18H28N2O2. The average molecular weight is 304 g/mol. The van der Waals surface area contributed by atoms with E-state index in [9.17, 15) is 9.90 Å². The van der Waals surface area contributed by atoms with Crippen LogP contribution in [0.3, 0.4) is 0 Å². The molecule has 4 nitrogen and oxygen atoms in total. The van der Waals surface area contributed by atoms with Gasteiger partial charge in [0.15, 0.2) is 0 Å². The predicted octanol–water partition coefficient (Wildman–Crippen LogP) is 2.75. The topological polar surface area (TPSA) is 43.8 Å². The fourth-order valence-corrected chi connectivity index (χ4v) is 2.92. The molecule has 0 bridgehead atoms. The lowest BCUT2D eigenvalue weighted by molar-refractivity contribution is -0.158. The molecule has 1 atom stereocenters. The van der Waals surface area contributed by atoms with Gasteiger partial charge in [-0.05, 0) is 37.3 Å². The Hall–Kier alpha value is -1.39. The molecule has 1 aliphatic rings. The number of hydrogen-bond acceptors (Lipinski definition) is 3. The molecule has 0 spiro atoms. The minimum Gasteiger partial charge on any atom is -0.393 e. The van der Waals surface area contributed by atoms with Gasteiger partial charge >= 0.3 is 0 Å². The second-order valence-corrected chi connectivity index (χ2v) is 6.22. The van der Waals surface area contributed by atoms with Gasteiger partial charge in [0.25, 0.3) is 0 Å². The maximum atomic E-state index is 12.3. The molecule has 1 aromatic rings. The molecule has 1 heterocycles. The fourth-order valence-electron chi connectivity index (χ4n) is 2.92. The maximum absolute atomic E-state index is 12.3. The Kier molecular flexibility index (Phi) is 6.40. The summed E-state index contributed by atoms with van der Waals surface area (Å²) in [4.78, 5) is 12.3. The van der Waals surface area contributed by atoms with Crippen molar-refractivity contribution in [3.63, 3.8) is 0 Å². The molecular weight excluding hydrogens is 276 g/mol. The van der Waals surface area contributed by atoms with Gasteiger partial charge in [-0.1, -0.05) is 37.6 Å². The van der Waals surface area contributed by atoms with Crippen LogP contribution in [0.2, 0.25) is 0 Å². The second kappa shape index (κ2) is 8.30. The van der Waals surface area contributed by atoms with E-state index in [1.807, 2.05) is 5.01 Å². The number of rotatable bonds is 7. The standard InChI is InChI=1S/C18H28N2O2/c1-3-6-16-7-4-8-17(13-16)14-20-18(22)9-5-11-19(20)12-10-15(2)21/h4,7-8,13,15,21H,3,5-6,9-12,14H2,1-2H3. The van der Waals surface area contributed by atoms with E-state index in [-0.39, 0.29) is 12.0 Å². The summed E-state index contributed by atoms with van der Waals surface area (Å²) in [7, 11) is 0. The van der Waals surface area contributed by atoms with Crippen molar-refractivity contribution < 1.29 is 9.90 Å². The van der Waals surface area contributed by atoms with Crippen LogP contribution in [0.4, 0.5) is 0 Å². The molecule has 0 saturated carbocycles.